The number of urea groups is 1. The minimum Gasteiger partial charge on any atom is -0.490 e. The van der Waals surface area contributed by atoms with Gasteiger partial charge in [0.25, 0.3) is 0 Å². The molecule has 0 spiro atoms. The molecular formula is C21H24N4O3. The molecule has 1 heterocycles. The largest absolute Gasteiger partial charge is 0.490 e. The lowest BCUT2D eigenvalue weighted by atomic mass is 10.1. The summed E-state index contributed by atoms with van der Waals surface area (Å²) in [5, 5.41) is 9.90. The number of benzene rings is 2. The molecule has 0 saturated carbocycles. The summed E-state index contributed by atoms with van der Waals surface area (Å²) >= 11 is 0. The first-order valence-corrected chi connectivity index (χ1v) is 9.17. The number of amides is 2. The van der Waals surface area contributed by atoms with Crippen molar-refractivity contribution in [1.82, 2.24) is 9.78 Å². The predicted molar refractivity (Wildman–Crippen MR) is 110 cm³/mol. The van der Waals surface area contributed by atoms with Crippen molar-refractivity contribution in [2.45, 2.75) is 13.8 Å². The molecule has 0 saturated heterocycles. The van der Waals surface area contributed by atoms with Crippen molar-refractivity contribution in [3.8, 4) is 22.8 Å². The normalized spacial score (nSPS) is 10.4. The van der Waals surface area contributed by atoms with E-state index in [4.69, 9.17) is 9.47 Å². The highest BCUT2D eigenvalue weighted by Crippen LogP contribution is 2.30. The van der Waals surface area contributed by atoms with E-state index in [1.54, 1.807) is 22.9 Å². The third-order valence-corrected chi connectivity index (χ3v) is 3.99. The quantitative estimate of drug-likeness (QED) is 0.631. The monoisotopic (exact) mass is 380 g/mol. The van der Waals surface area contributed by atoms with Gasteiger partial charge in [-0.1, -0.05) is 30.3 Å². The molecule has 1 aromatic heterocycles. The van der Waals surface area contributed by atoms with E-state index in [2.05, 4.69) is 15.7 Å². The summed E-state index contributed by atoms with van der Waals surface area (Å²) in [4.78, 5) is 12.4. The van der Waals surface area contributed by atoms with Crippen LogP contribution in [0.15, 0.2) is 54.6 Å². The molecule has 0 atom stereocenters. The number of ether oxygens (including phenoxy) is 2. The van der Waals surface area contributed by atoms with Crippen LogP contribution >= 0.6 is 0 Å². The van der Waals surface area contributed by atoms with Crippen LogP contribution in [0.1, 0.15) is 13.8 Å². The highest BCUT2D eigenvalue weighted by atomic mass is 16.5. The second kappa shape index (κ2) is 8.94. The summed E-state index contributed by atoms with van der Waals surface area (Å²) in [6.45, 7) is 4.85. The second-order valence-electron chi connectivity index (χ2n) is 6.01. The maximum absolute atomic E-state index is 12.4. The van der Waals surface area contributed by atoms with Gasteiger partial charge in [-0.2, -0.15) is 5.10 Å². The molecule has 2 aromatic carbocycles. The molecule has 0 unspecified atom stereocenters. The Bertz CT molecular complexity index is 938. The van der Waals surface area contributed by atoms with E-state index in [1.807, 2.05) is 57.3 Å². The fourth-order valence-corrected chi connectivity index (χ4v) is 2.81. The van der Waals surface area contributed by atoms with Crippen molar-refractivity contribution in [2.24, 2.45) is 7.05 Å². The average molecular weight is 380 g/mol. The summed E-state index contributed by atoms with van der Waals surface area (Å²) in [6.07, 6.45) is 0. The maximum Gasteiger partial charge on any atom is 0.324 e. The Morgan fingerprint density at radius 1 is 0.964 bits per heavy atom. The molecule has 0 bridgehead atoms. The zero-order valence-corrected chi connectivity index (χ0v) is 16.2. The molecule has 3 rings (SSSR count). The Hall–Kier alpha value is -3.48. The van der Waals surface area contributed by atoms with Gasteiger partial charge in [0.05, 0.1) is 18.9 Å². The van der Waals surface area contributed by atoms with E-state index in [1.165, 1.54) is 0 Å². The van der Waals surface area contributed by atoms with Crippen LogP contribution in [0.25, 0.3) is 11.3 Å². The predicted octanol–water partition coefficient (Wildman–Crippen LogP) is 4.53. The summed E-state index contributed by atoms with van der Waals surface area (Å²) in [5.41, 5.74) is 2.54. The lowest BCUT2D eigenvalue weighted by Gasteiger charge is -2.13. The molecule has 146 valence electrons. The number of aryl methyl sites for hydroxylation is 1. The number of carbonyl (C=O) groups is 1. The first kappa shape index (κ1) is 19.3. The Labute approximate surface area is 164 Å². The van der Waals surface area contributed by atoms with Gasteiger partial charge in [0.1, 0.15) is 0 Å². The molecule has 7 nitrogen and oxygen atoms in total. The summed E-state index contributed by atoms with van der Waals surface area (Å²) in [6, 6.07) is 16.6. The molecule has 3 aromatic rings. The first-order chi connectivity index (χ1) is 13.6. The number of nitrogens with one attached hydrogen (secondary N) is 2. The smallest absolute Gasteiger partial charge is 0.324 e. The van der Waals surface area contributed by atoms with Crippen LogP contribution in [0.5, 0.6) is 11.5 Å². The van der Waals surface area contributed by atoms with Crippen LogP contribution in [0.4, 0.5) is 16.3 Å². The number of rotatable bonds is 7. The molecule has 28 heavy (non-hydrogen) atoms. The fourth-order valence-electron chi connectivity index (χ4n) is 2.81. The lowest BCUT2D eigenvalue weighted by molar-refractivity contribution is 0.262. The highest BCUT2D eigenvalue weighted by Gasteiger charge is 2.12. The van der Waals surface area contributed by atoms with Crippen LogP contribution in [0.2, 0.25) is 0 Å². The van der Waals surface area contributed by atoms with Gasteiger partial charge in [-0.05, 0) is 31.5 Å². The average Bonchev–Trinajstić information content (AvgIpc) is 3.05. The number of nitrogens with zero attached hydrogens (tertiary/aromatic N) is 2. The summed E-state index contributed by atoms with van der Waals surface area (Å²) < 4.78 is 12.9. The van der Waals surface area contributed by atoms with Crippen molar-refractivity contribution in [3.05, 3.63) is 54.6 Å². The first-order valence-electron chi connectivity index (χ1n) is 9.17. The molecule has 0 radical (unpaired) electrons. The number of hydrogen-bond acceptors (Lipinski definition) is 4. The van der Waals surface area contributed by atoms with E-state index >= 15 is 0 Å². The summed E-state index contributed by atoms with van der Waals surface area (Å²) in [5.74, 6) is 1.70. The van der Waals surface area contributed by atoms with Gasteiger partial charge < -0.3 is 14.8 Å². The maximum atomic E-state index is 12.4. The molecular weight excluding hydrogens is 356 g/mol. The number of aromatic nitrogens is 2. The zero-order valence-electron chi connectivity index (χ0n) is 16.2. The molecule has 7 heteroatoms. The highest BCUT2D eigenvalue weighted by molar-refractivity contribution is 5.99. The summed E-state index contributed by atoms with van der Waals surface area (Å²) in [7, 11) is 1.84. The van der Waals surface area contributed by atoms with E-state index in [9.17, 15) is 4.79 Å². The van der Waals surface area contributed by atoms with Gasteiger partial charge in [0, 0.05) is 24.9 Å². The third kappa shape index (κ3) is 4.62. The molecule has 2 amide bonds. The SMILES string of the molecule is CCOc1ccc(NC(=O)Nc2cc(-c3ccccc3)n(C)n2)cc1OCC. The van der Waals surface area contributed by atoms with Crippen molar-refractivity contribution in [1.29, 1.82) is 0 Å². The van der Waals surface area contributed by atoms with Crippen molar-refractivity contribution in [3.63, 3.8) is 0 Å². The van der Waals surface area contributed by atoms with Crippen LogP contribution in [-0.2, 0) is 7.05 Å². The van der Waals surface area contributed by atoms with Crippen molar-refractivity contribution < 1.29 is 14.3 Å². The topological polar surface area (TPSA) is 77.4 Å². The molecule has 0 aliphatic carbocycles. The minimum absolute atomic E-state index is 0.385. The van der Waals surface area contributed by atoms with Gasteiger partial charge in [-0.25, -0.2) is 4.79 Å². The minimum atomic E-state index is -0.385. The van der Waals surface area contributed by atoms with Crippen molar-refractivity contribution >= 4 is 17.5 Å². The standard InChI is InChI=1S/C21H24N4O3/c1-4-27-18-12-11-16(13-19(18)28-5-2)22-21(26)23-20-14-17(25(3)24-20)15-9-7-6-8-10-15/h6-14H,4-5H2,1-3H3,(H2,22,23,24,26). The van der Waals surface area contributed by atoms with Gasteiger partial charge in [0.2, 0.25) is 0 Å². The van der Waals surface area contributed by atoms with Crippen LogP contribution in [-0.4, -0.2) is 29.0 Å². The second-order valence-corrected chi connectivity index (χ2v) is 6.01. The van der Waals surface area contributed by atoms with E-state index in [0.717, 1.165) is 11.3 Å². The Morgan fingerprint density at radius 2 is 1.68 bits per heavy atom. The molecule has 0 aliphatic heterocycles. The van der Waals surface area contributed by atoms with Crippen molar-refractivity contribution in [2.75, 3.05) is 23.8 Å². The Balaban J connectivity index is 1.70. The van der Waals surface area contributed by atoms with E-state index < -0.39 is 0 Å². The molecule has 0 aliphatic rings. The van der Waals surface area contributed by atoms with Gasteiger partial charge in [0.15, 0.2) is 17.3 Å². The number of anilines is 2. The van der Waals surface area contributed by atoms with Crippen LogP contribution < -0.4 is 20.1 Å². The molecule has 0 fully saturated rings. The Kier molecular flexibility index (Phi) is 6.16. The van der Waals surface area contributed by atoms with Gasteiger partial charge >= 0.3 is 6.03 Å². The van der Waals surface area contributed by atoms with Crippen LogP contribution in [0.3, 0.4) is 0 Å². The fraction of sp³-hybridized carbons (Fsp3) is 0.238. The van der Waals surface area contributed by atoms with Crippen LogP contribution in [0, 0.1) is 0 Å². The zero-order chi connectivity index (χ0) is 19.9. The Morgan fingerprint density at radius 3 is 2.39 bits per heavy atom. The van der Waals surface area contributed by atoms with E-state index in [0.29, 0.717) is 36.2 Å². The number of carbonyl (C=O) groups excluding carboxylic acids is 1. The van der Waals surface area contributed by atoms with Gasteiger partial charge in [-0.15, -0.1) is 0 Å². The third-order valence-electron chi connectivity index (χ3n) is 3.99. The van der Waals surface area contributed by atoms with Gasteiger partial charge in [-0.3, -0.25) is 10.00 Å². The number of hydrogen-bond donors (Lipinski definition) is 2. The molecule has 2 N–H and O–H groups in total. The lowest BCUT2D eigenvalue weighted by Crippen LogP contribution is -2.19. The van der Waals surface area contributed by atoms with E-state index in [-0.39, 0.29) is 6.03 Å².